The highest BCUT2D eigenvalue weighted by molar-refractivity contribution is 5.79. The maximum absolute atomic E-state index is 12.6. The van der Waals surface area contributed by atoms with Crippen molar-refractivity contribution in [3.63, 3.8) is 0 Å². The van der Waals surface area contributed by atoms with E-state index in [1.165, 1.54) is 5.56 Å². The van der Waals surface area contributed by atoms with Gasteiger partial charge in [0.2, 0.25) is 5.91 Å². The number of amides is 3. The summed E-state index contributed by atoms with van der Waals surface area (Å²) in [6.45, 7) is 7.95. The predicted octanol–water partition coefficient (Wildman–Crippen LogP) is 2.27. The number of carbonyl (C=O) groups is 2. The Kier molecular flexibility index (Phi) is 5.64. The monoisotopic (exact) mass is 317 g/mol. The van der Waals surface area contributed by atoms with Gasteiger partial charge in [-0.1, -0.05) is 51.1 Å². The number of hydrogen-bond acceptors (Lipinski definition) is 2. The van der Waals surface area contributed by atoms with Gasteiger partial charge in [-0.05, 0) is 12.0 Å². The zero-order valence-corrected chi connectivity index (χ0v) is 14.3. The molecule has 2 rings (SSSR count). The van der Waals surface area contributed by atoms with Crippen LogP contribution in [0.2, 0.25) is 0 Å². The number of nitrogens with zero attached hydrogens (tertiary/aromatic N) is 1. The minimum absolute atomic E-state index is 0.0111. The van der Waals surface area contributed by atoms with Gasteiger partial charge in [-0.2, -0.15) is 0 Å². The fraction of sp³-hybridized carbons (Fsp3) is 0.556. The molecule has 5 heteroatoms. The van der Waals surface area contributed by atoms with Crippen LogP contribution in [0.3, 0.4) is 0 Å². The Bertz CT molecular complexity index is 542. The second kappa shape index (κ2) is 7.49. The fourth-order valence-electron chi connectivity index (χ4n) is 3.07. The van der Waals surface area contributed by atoms with E-state index in [0.29, 0.717) is 26.1 Å². The van der Waals surface area contributed by atoms with E-state index in [-0.39, 0.29) is 23.4 Å². The average molecular weight is 317 g/mol. The van der Waals surface area contributed by atoms with Crippen LogP contribution in [0, 0.1) is 0 Å². The summed E-state index contributed by atoms with van der Waals surface area (Å²) < 4.78 is 0. The van der Waals surface area contributed by atoms with Gasteiger partial charge in [0, 0.05) is 37.5 Å². The van der Waals surface area contributed by atoms with Crippen molar-refractivity contribution in [3.8, 4) is 0 Å². The van der Waals surface area contributed by atoms with E-state index in [2.05, 4.69) is 43.5 Å². The summed E-state index contributed by atoms with van der Waals surface area (Å²) >= 11 is 0. The van der Waals surface area contributed by atoms with E-state index in [1.807, 2.05) is 18.2 Å². The van der Waals surface area contributed by atoms with Gasteiger partial charge >= 0.3 is 6.03 Å². The summed E-state index contributed by atoms with van der Waals surface area (Å²) in [6.07, 6.45) is 1.21. The summed E-state index contributed by atoms with van der Waals surface area (Å²) in [6, 6.07) is 10.2. The fourth-order valence-corrected chi connectivity index (χ4v) is 3.07. The average Bonchev–Trinajstić information content (AvgIpc) is 2.77. The van der Waals surface area contributed by atoms with Crippen LogP contribution in [0.1, 0.15) is 39.2 Å². The Hall–Kier alpha value is -2.04. The molecule has 5 nitrogen and oxygen atoms in total. The number of rotatable bonds is 4. The highest BCUT2D eigenvalue weighted by Crippen LogP contribution is 2.28. The second-order valence-corrected chi connectivity index (χ2v) is 6.59. The first-order chi connectivity index (χ1) is 10.9. The molecule has 0 unspecified atom stereocenters. The lowest BCUT2D eigenvalue weighted by Crippen LogP contribution is -2.52. The van der Waals surface area contributed by atoms with Crippen molar-refractivity contribution in [2.24, 2.45) is 0 Å². The van der Waals surface area contributed by atoms with Crippen LogP contribution >= 0.6 is 0 Å². The van der Waals surface area contributed by atoms with Crippen molar-refractivity contribution in [2.75, 3.05) is 19.6 Å². The molecule has 0 bridgehead atoms. The normalized spacial score (nSPS) is 17.2. The van der Waals surface area contributed by atoms with Crippen molar-refractivity contribution < 1.29 is 9.59 Å². The summed E-state index contributed by atoms with van der Waals surface area (Å²) in [5, 5.41) is 5.96. The van der Waals surface area contributed by atoms with Crippen molar-refractivity contribution >= 4 is 11.9 Å². The third-order valence-electron chi connectivity index (χ3n) is 4.69. The lowest BCUT2D eigenvalue weighted by atomic mass is 9.76. The molecule has 126 valence electrons. The summed E-state index contributed by atoms with van der Waals surface area (Å²) in [7, 11) is 0. The Morgan fingerprint density at radius 3 is 2.65 bits per heavy atom. The first kappa shape index (κ1) is 17.3. The lowest BCUT2D eigenvalue weighted by molar-refractivity contribution is -0.120. The quantitative estimate of drug-likeness (QED) is 0.895. The van der Waals surface area contributed by atoms with E-state index in [1.54, 1.807) is 4.90 Å². The number of hydrogen-bond donors (Lipinski definition) is 2. The molecule has 1 atom stereocenters. The second-order valence-electron chi connectivity index (χ2n) is 6.59. The minimum Gasteiger partial charge on any atom is -0.354 e. The van der Waals surface area contributed by atoms with E-state index in [9.17, 15) is 9.59 Å². The molecule has 2 N–H and O–H groups in total. The molecule has 0 spiro atoms. The minimum atomic E-state index is -0.161. The molecule has 1 heterocycles. The molecular weight excluding hydrogens is 290 g/mol. The first-order valence-electron chi connectivity index (χ1n) is 8.32. The third-order valence-corrected chi connectivity index (χ3v) is 4.69. The molecule has 1 fully saturated rings. The van der Waals surface area contributed by atoms with E-state index in [4.69, 9.17) is 0 Å². The predicted molar refractivity (Wildman–Crippen MR) is 91.3 cm³/mol. The van der Waals surface area contributed by atoms with Gasteiger partial charge in [-0.3, -0.25) is 4.79 Å². The van der Waals surface area contributed by atoms with Crippen molar-refractivity contribution in [2.45, 2.75) is 45.1 Å². The molecule has 1 saturated heterocycles. The summed E-state index contributed by atoms with van der Waals surface area (Å²) in [5.74, 6) is 0.0111. The number of urea groups is 1. The highest BCUT2D eigenvalue weighted by Gasteiger charge is 2.32. The molecule has 23 heavy (non-hydrogen) atoms. The van der Waals surface area contributed by atoms with Gasteiger partial charge in [0.05, 0.1) is 0 Å². The molecule has 0 aliphatic carbocycles. The van der Waals surface area contributed by atoms with Crippen LogP contribution in [-0.4, -0.2) is 42.5 Å². The standard InChI is InChI=1S/C18H27N3O2/c1-4-15(18(2,3)14-8-6-5-7-9-14)20-17(23)21-12-10-16(22)19-11-13-21/h5-9,15H,4,10-13H2,1-3H3,(H,19,22)(H,20,23)/t15-/m0/s1. The Labute approximate surface area is 138 Å². The van der Waals surface area contributed by atoms with Gasteiger partial charge in [0.25, 0.3) is 0 Å². The Balaban J connectivity index is 2.06. The number of benzene rings is 1. The van der Waals surface area contributed by atoms with Gasteiger partial charge in [0.1, 0.15) is 0 Å². The van der Waals surface area contributed by atoms with E-state index >= 15 is 0 Å². The van der Waals surface area contributed by atoms with Gasteiger partial charge in [-0.25, -0.2) is 4.79 Å². The van der Waals surface area contributed by atoms with Crippen LogP contribution in [0.15, 0.2) is 30.3 Å². The smallest absolute Gasteiger partial charge is 0.317 e. The first-order valence-corrected chi connectivity index (χ1v) is 8.32. The summed E-state index contributed by atoms with van der Waals surface area (Å²) in [4.78, 5) is 25.7. The van der Waals surface area contributed by atoms with Crippen LogP contribution in [0.25, 0.3) is 0 Å². The molecule has 0 aromatic heterocycles. The van der Waals surface area contributed by atoms with Crippen molar-refractivity contribution in [1.82, 2.24) is 15.5 Å². The molecule has 1 aliphatic heterocycles. The largest absolute Gasteiger partial charge is 0.354 e. The molecule has 1 aliphatic rings. The molecule has 0 radical (unpaired) electrons. The molecule has 1 aromatic carbocycles. The van der Waals surface area contributed by atoms with Crippen LogP contribution in [-0.2, 0) is 10.2 Å². The van der Waals surface area contributed by atoms with Crippen LogP contribution in [0.5, 0.6) is 0 Å². The van der Waals surface area contributed by atoms with Crippen LogP contribution in [0.4, 0.5) is 4.79 Å². The maximum Gasteiger partial charge on any atom is 0.317 e. The molecule has 3 amide bonds. The lowest BCUT2D eigenvalue weighted by Gasteiger charge is -2.36. The third kappa shape index (κ3) is 4.24. The van der Waals surface area contributed by atoms with E-state index in [0.717, 1.165) is 6.42 Å². The highest BCUT2D eigenvalue weighted by atomic mass is 16.2. The van der Waals surface area contributed by atoms with E-state index < -0.39 is 0 Å². The summed E-state index contributed by atoms with van der Waals surface area (Å²) in [5.41, 5.74) is 1.05. The molecular formula is C18H27N3O2. The SMILES string of the molecule is CC[C@H](NC(=O)N1CCNC(=O)CC1)C(C)(C)c1ccccc1. The molecule has 0 saturated carbocycles. The van der Waals surface area contributed by atoms with Gasteiger partial charge in [-0.15, -0.1) is 0 Å². The topological polar surface area (TPSA) is 61.4 Å². The Morgan fingerprint density at radius 2 is 2.00 bits per heavy atom. The molecule has 1 aromatic rings. The number of carbonyl (C=O) groups excluding carboxylic acids is 2. The van der Waals surface area contributed by atoms with Gasteiger partial charge < -0.3 is 15.5 Å². The zero-order valence-electron chi connectivity index (χ0n) is 14.3. The van der Waals surface area contributed by atoms with Crippen LogP contribution < -0.4 is 10.6 Å². The van der Waals surface area contributed by atoms with Crippen molar-refractivity contribution in [3.05, 3.63) is 35.9 Å². The maximum atomic E-state index is 12.6. The number of nitrogens with one attached hydrogen (secondary N) is 2. The van der Waals surface area contributed by atoms with Gasteiger partial charge in [0.15, 0.2) is 0 Å². The Morgan fingerprint density at radius 1 is 1.30 bits per heavy atom. The zero-order chi connectivity index (χ0) is 16.9. The van der Waals surface area contributed by atoms with Crippen molar-refractivity contribution in [1.29, 1.82) is 0 Å².